The van der Waals surface area contributed by atoms with Gasteiger partial charge in [-0.05, 0) is 45.6 Å². The van der Waals surface area contributed by atoms with E-state index in [4.69, 9.17) is 10.5 Å². The van der Waals surface area contributed by atoms with Gasteiger partial charge in [0.15, 0.2) is 0 Å². The summed E-state index contributed by atoms with van der Waals surface area (Å²) in [4.78, 5) is 2.38. The number of hydrogen-bond donors (Lipinski definition) is 1. The Balaban J connectivity index is 2.40. The molecular formula is C14H30N2O. The molecule has 2 atom stereocenters. The molecular weight excluding hydrogens is 212 g/mol. The third kappa shape index (κ3) is 4.94. The van der Waals surface area contributed by atoms with Gasteiger partial charge in [0.05, 0.1) is 12.7 Å². The number of nitrogens with zero attached hydrogens (tertiary/aromatic N) is 1. The highest BCUT2D eigenvalue weighted by atomic mass is 16.5. The maximum absolute atomic E-state index is 6.25. The smallest absolute Gasteiger partial charge is 0.0596 e. The molecule has 0 radical (unpaired) electrons. The lowest BCUT2D eigenvalue weighted by atomic mass is 9.73. The van der Waals surface area contributed by atoms with E-state index in [-0.39, 0.29) is 0 Å². The minimum absolute atomic E-state index is 0.319. The van der Waals surface area contributed by atoms with Crippen molar-refractivity contribution in [2.24, 2.45) is 11.1 Å². The van der Waals surface area contributed by atoms with Gasteiger partial charge in [0.25, 0.3) is 0 Å². The molecule has 0 bridgehead atoms. The van der Waals surface area contributed by atoms with Gasteiger partial charge in [-0.2, -0.15) is 0 Å². The van der Waals surface area contributed by atoms with Crippen LogP contribution >= 0.6 is 0 Å². The molecule has 0 heterocycles. The molecule has 0 aromatic heterocycles. The zero-order valence-electron chi connectivity index (χ0n) is 12.2. The molecule has 102 valence electrons. The van der Waals surface area contributed by atoms with E-state index in [0.717, 1.165) is 19.6 Å². The van der Waals surface area contributed by atoms with E-state index in [2.05, 4.69) is 39.6 Å². The topological polar surface area (TPSA) is 38.5 Å². The van der Waals surface area contributed by atoms with E-state index in [9.17, 15) is 0 Å². The maximum atomic E-state index is 6.25. The fourth-order valence-electron chi connectivity index (χ4n) is 2.65. The Morgan fingerprint density at radius 2 is 2.06 bits per heavy atom. The SMILES string of the molecule is CC(C)OCCN(C)C1CC(C)(C)CCC1N. The highest BCUT2D eigenvalue weighted by molar-refractivity contribution is 4.91. The van der Waals surface area contributed by atoms with Crippen LogP contribution in [0.2, 0.25) is 0 Å². The van der Waals surface area contributed by atoms with Crippen LogP contribution in [0.4, 0.5) is 0 Å². The van der Waals surface area contributed by atoms with Crippen LogP contribution in [0.3, 0.4) is 0 Å². The number of ether oxygens (including phenoxy) is 1. The van der Waals surface area contributed by atoms with E-state index in [1.165, 1.54) is 12.8 Å². The van der Waals surface area contributed by atoms with Gasteiger partial charge in [-0.25, -0.2) is 0 Å². The number of rotatable bonds is 5. The largest absolute Gasteiger partial charge is 0.377 e. The van der Waals surface area contributed by atoms with Gasteiger partial charge in [-0.3, -0.25) is 4.90 Å². The molecule has 0 aliphatic heterocycles. The predicted molar refractivity (Wildman–Crippen MR) is 73.1 cm³/mol. The van der Waals surface area contributed by atoms with E-state index in [1.807, 2.05) is 0 Å². The lowest BCUT2D eigenvalue weighted by Crippen LogP contribution is -2.52. The first-order valence-corrected chi connectivity index (χ1v) is 6.89. The Morgan fingerprint density at radius 1 is 1.41 bits per heavy atom. The fraction of sp³-hybridized carbons (Fsp3) is 1.00. The summed E-state index contributed by atoms with van der Waals surface area (Å²) in [6, 6.07) is 0.835. The third-order valence-electron chi connectivity index (χ3n) is 3.87. The van der Waals surface area contributed by atoms with Crippen molar-refractivity contribution in [2.75, 3.05) is 20.2 Å². The minimum Gasteiger partial charge on any atom is -0.377 e. The highest BCUT2D eigenvalue weighted by Gasteiger charge is 2.34. The van der Waals surface area contributed by atoms with E-state index >= 15 is 0 Å². The number of hydrogen-bond acceptors (Lipinski definition) is 3. The molecule has 3 nitrogen and oxygen atoms in total. The van der Waals surface area contributed by atoms with Gasteiger partial charge in [0.1, 0.15) is 0 Å². The normalized spacial score (nSPS) is 28.9. The Bertz CT molecular complexity index is 228. The molecule has 17 heavy (non-hydrogen) atoms. The van der Waals surface area contributed by atoms with Crippen molar-refractivity contribution in [3.8, 4) is 0 Å². The van der Waals surface area contributed by atoms with Gasteiger partial charge in [-0.15, -0.1) is 0 Å². The summed E-state index contributed by atoms with van der Waals surface area (Å²) >= 11 is 0. The average molecular weight is 242 g/mol. The lowest BCUT2D eigenvalue weighted by Gasteiger charge is -2.43. The van der Waals surface area contributed by atoms with Gasteiger partial charge >= 0.3 is 0 Å². The summed E-state index contributed by atoms with van der Waals surface area (Å²) < 4.78 is 5.61. The molecule has 1 aliphatic carbocycles. The van der Waals surface area contributed by atoms with Crippen molar-refractivity contribution in [3.05, 3.63) is 0 Å². The van der Waals surface area contributed by atoms with Crippen LogP contribution in [0.15, 0.2) is 0 Å². The summed E-state index contributed by atoms with van der Waals surface area (Å²) in [5, 5.41) is 0. The first-order chi connectivity index (χ1) is 7.82. The van der Waals surface area contributed by atoms with Crippen molar-refractivity contribution < 1.29 is 4.74 Å². The van der Waals surface area contributed by atoms with Crippen LogP contribution in [0.5, 0.6) is 0 Å². The van der Waals surface area contributed by atoms with Gasteiger partial charge in [-0.1, -0.05) is 13.8 Å². The maximum Gasteiger partial charge on any atom is 0.0596 e. The fourth-order valence-corrected chi connectivity index (χ4v) is 2.65. The molecule has 1 aliphatic rings. The summed E-state index contributed by atoms with van der Waals surface area (Å²) in [6.45, 7) is 10.6. The summed E-state index contributed by atoms with van der Waals surface area (Å²) in [6.07, 6.45) is 3.92. The molecule has 0 aromatic rings. The standard InChI is InChI=1S/C14H30N2O/c1-11(2)17-9-8-16(5)13-10-14(3,4)7-6-12(13)15/h11-13H,6-10,15H2,1-5H3. The Kier molecular flexibility index (Phi) is 5.42. The quantitative estimate of drug-likeness (QED) is 0.803. The summed E-state index contributed by atoms with van der Waals surface area (Å²) in [5.41, 5.74) is 6.69. The molecule has 1 fully saturated rings. The number of likely N-dealkylation sites (N-methyl/N-ethyl adjacent to an activating group) is 1. The minimum atomic E-state index is 0.319. The van der Waals surface area contributed by atoms with Gasteiger partial charge in [0.2, 0.25) is 0 Å². The van der Waals surface area contributed by atoms with E-state index in [1.54, 1.807) is 0 Å². The first kappa shape index (κ1) is 14.9. The molecule has 1 rings (SSSR count). The first-order valence-electron chi connectivity index (χ1n) is 6.89. The zero-order chi connectivity index (χ0) is 13.1. The van der Waals surface area contributed by atoms with Crippen LogP contribution in [0, 0.1) is 5.41 Å². The molecule has 3 heteroatoms. The molecule has 0 saturated heterocycles. The van der Waals surface area contributed by atoms with Crippen molar-refractivity contribution in [1.82, 2.24) is 4.90 Å². The van der Waals surface area contributed by atoms with Crippen LogP contribution in [-0.2, 0) is 4.74 Å². The van der Waals surface area contributed by atoms with Gasteiger partial charge in [0, 0.05) is 18.6 Å². The third-order valence-corrected chi connectivity index (χ3v) is 3.87. The van der Waals surface area contributed by atoms with Crippen molar-refractivity contribution in [1.29, 1.82) is 0 Å². The molecule has 0 aromatic carbocycles. The second-order valence-electron chi connectivity index (χ2n) is 6.54. The Hall–Kier alpha value is -0.120. The predicted octanol–water partition coefficient (Wildman–Crippen LogP) is 2.25. The van der Waals surface area contributed by atoms with Crippen molar-refractivity contribution in [3.63, 3.8) is 0 Å². The van der Waals surface area contributed by atoms with E-state index < -0.39 is 0 Å². The molecule has 0 spiro atoms. The van der Waals surface area contributed by atoms with Crippen molar-refractivity contribution >= 4 is 0 Å². The van der Waals surface area contributed by atoms with E-state index in [0.29, 0.717) is 23.6 Å². The summed E-state index contributed by atoms with van der Waals surface area (Å²) in [7, 11) is 2.18. The molecule has 1 saturated carbocycles. The average Bonchev–Trinajstić information content (AvgIpc) is 2.21. The second kappa shape index (κ2) is 6.17. The van der Waals surface area contributed by atoms with Crippen LogP contribution in [-0.4, -0.2) is 43.3 Å². The Morgan fingerprint density at radius 3 is 2.65 bits per heavy atom. The Labute approximate surface area is 107 Å². The van der Waals surface area contributed by atoms with Crippen LogP contribution in [0.25, 0.3) is 0 Å². The molecule has 2 unspecified atom stereocenters. The molecule has 0 amide bonds. The second-order valence-corrected chi connectivity index (χ2v) is 6.54. The highest BCUT2D eigenvalue weighted by Crippen LogP contribution is 2.36. The number of nitrogens with two attached hydrogens (primary N) is 1. The van der Waals surface area contributed by atoms with Gasteiger partial charge < -0.3 is 10.5 Å². The van der Waals surface area contributed by atoms with Crippen LogP contribution in [0.1, 0.15) is 47.0 Å². The molecule has 2 N–H and O–H groups in total. The monoisotopic (exact) mass is 242 g/mol. The lowest BCUT2D eigenvalue weighted by molar-refractivity contribution is 0.0357. The van der Waals surface area contributed by atoms with Crippen molar-refractivity contribution in [2.45, 2.75) is 65.1 Å². The van der Waals surface area contributed by atoms with Crippen LogP contribution < -0.4 is 5.73 Å². The summed E-state index contributed by atoms with van der Waals surface area (Å²) in [5.74, 6) is 0. The zero-order valence-corrected chi connectivity index (χ0v) is 12.2.